The lowest BCUT2D eigenvalue weighted by Gasteiger charge is -2.35. The molecular weight excluding hydrogens is 551 g/mol. The first-order valence-corrected chi connectivity index (χ1v) is 13.6. The van der Waals surface area contributed by atoms with Gasteiger partial charge in [-0.25, -0.2) is 19.0 Å². The van der Waals surface area contributed by atoms with E-state index in [1.165, 1.54) is 21.6 Å². The van der Waals surface area contributed by atoms with Gasteiger partial charge in [-0.1, -0.05) is 61.8 Å². The first-order valence-electron chi connectivity index (χ1n) is 13.2. The van der Waals surface area contributed by atoms with Gasteiger partial charge in [0.15, 0.2) is 5.65 Å². The van der Waals surface area contributed by atoms with Crippen LogP contribution in [-0.4, -0.2) is 54.3 Å². The zero-order valence-corrected chi connectivity index (χ0v) is 24.0. The van der Waals surface area contributed by atoms with E-state index in [1.54, 1.807) is 19.9 Å². The van der Waals surface area contributed by atoms with Crippen LogP contribution in [-0.2, 0) is 6.54 Å². The Morgan fingerprint density at radius 2 is 1.85 bits per heavy atom. The summed E-state index contributed by atoms with van der Waals surface area (Å²) < 4.78 is 17.2. The zero-order valence-electron chi connectivity index (χ0n) is 23.3. The van der Waals surface area contributed by atoms with Gasteiger partial charge in [-0.3, -0.25) is 9.36 Å². The Morgan fingerprint density at radius 1 is 1.15 bits per heavy atom. The summed E-state index contributed by atoms with van der Waals surface area (Å²) in [5.41, 5.74) is 1.48. The molecule has 2 N–H and O–H groups in total. The highest BCUT2D eigenvalue weighted by atomic mass is 35.5. The lowest BCUT2D eigenvalue weighted by Crippen LogP contribution is -2.43. The van der Waals surface area contributed by atoms with Crippen LogP contribution in [0.25, 0.3) is 5.65 Å². The highest BCUT2D eigenvalue weighted by molar-refractivity contribution is 6.34. The highest BCUT2D eigenvalue weighted by Gasteiger charge is 2.33. The number of fused-ring (bicyclic) bond motifs is 1. The van der Waals surface area contributed by atoms with Crippen LogP contribution < -0.4 is 11.0 Å². The Hall–Kier alpha value is -4.25. The maximum absolute atomic E-state index is 14.5. The molecule has 12 heteroatoms. The summed E-state index contributed by atoms with van der Waals surface area (Å²) in [4.78, 5) is 45.3. The Balaban J connectivity index is 1.91. The van der Waals surface area contributed by atoms with Crippen LogP contribution in [0.15, 0.2) is 53.3 Å². The molecule has 2 amide bonds. The number of carbonyl (C=O) groups excluding carboxylic acids is 1. The number of hydrogen-bond acceptors (Lipinski definition) is 5. The first kappa shape index (κ1) is 29.7. The van der Waals surface area contributed by atoms with Crippen molar-refractivity contribution < 1.29 is 19.1 Å². The molecule has 0 aliphatic heterocycles. The largest absolute Gasteiger partial charge is 0.465 e. The number of halogens is 2. The summed E-state index contributed by atoms with van der Waals surface area (Å²) in [6.45, 7) is 7.41. The summed E-state index contributed by atoms with van der Waals surface area (Å²) in [6, 6.07) is 12.8. The van der Waals surface area contributed by atoms with Crippen molar-refractivity contribution in [2.45, 2.75) is 46.7 Å². The van der Waals surface area contributed by atoms with E-state index in [4.69, 9.17) is 21.7 Å². The number of carbonyl (C=O) groups is 2. The third-order valence-electron chi connectivity index (χ3n) is 6.82. The van der Waals surface area contributed by atoms with Gasteiger partial charge < -0.3 is 15.3 Å². The second-order valence-corrected chi connectivity index (χ2v) is 10.6. The summed E-state index contributed by atoms with van der Waals surface area (Å²) in [6.07, 6.45) is -0.911. The molecule has 0 spiro atoms. The summed E-state index contributed by atoms with van der Waals surface area (Å²) in [7, 11) is 0. The van der Waals surface area contributed by atoms with Crippen molar-refractivity contribution in [3.8, 4) is 0 Å². The second-order valence-electron chi connectivity index (χ2n) is 10.2. The molecule has 2 heterocycles. The van der Waals surface area contributed by atoms with Crippen LogP contribution in [0, 0.1) is 25.6 Å². The van der Waals surface area contributed by atoms with Crippen LogP contribution in [0.1, 0.15) is 59.3 Å². The molecule has 10 nitrogen and oxygen atoms in total. The predicted molar refractivity (Wildman–Crippen MR) is 153 cm³/mol. The molecule has 2 aromatic heterocycles. The average Bonchev–Trinajstić information content (AvgIpc) is 3.22. The minimum absolute atomic E-state index is 0.0864. The van der Waals surface area contributed by atoms with E-state index >= 15 is 0 Å². The second kappa shape index (κ2) is 12.5. The van der Waals surface area contributed by atoms with E-state index in [0.29, 0.717) is 11.3 Å². The topological polar surface area (TPSA) is 122 Å². The molecule has 0 bridgehead atoms. The van der Waals surface area contributed by atoms with Gasteiger partial charge in [0.25, 0.3) is 5.91 Å². The number of aryl methyl sites for hydroxylation is 2. The van der Waals surface area contributed by atoms with E-state index < -0.39 is 29.5 Å². The van der Waals surface area contributed by atoms with Gasteiger partial charge in [-0.2, -0.15) is 9.61 Å². The van der Waals surface area contributed by atoms with Crippen LogP contribution in [0.2, 0.25) is 5.02 Å². The van der Waals surface area contributed by atoms with Crippen molar-refractivity contribution in [1.29, 1.82) is 0 Å². The molecule has 0 radical (unpaired) electrons. The van der Waals surface area contributed by atoms with E-state index in [0.717, 1.165) is 10.1 Å². The summed E-state index contributed by atoms with van der Waals surface area (Å²) >= 11 is 6.50. The van der Waals surface area contributed by atoms with Gasteiger partial charge in [0, 0.05) is 18.7 Å². The van der Waals surface area contributed by atoms with Gasteiger partial charge in [0.05, 0.1) is 18.3 Å². The molecule has 1 unspecified atom stereocenters. The third kappa shape index (κ3) is 6.40. The number of carboxylic acid groups (broad SMARTS) is 1. The molecule has 0 fully saturated rings. The van der Waals surface area contributed by atoms with Crippen LogP contribution in [0.5, 0.6) is 0 Å². The molecule has 1 atom stereocenters. The number of aromatic nitrogens is 4. The van der Waals surface area contributed by atoms with E-state index in [2.05, 4.69) is 10.4 Å². The van der Waals surface area contributed by atoms with Crippen LogP contribution in [0.4, 0.5) is 9.18 Å². The van der Waals surface area contributed by atoms with Crippen molar-refractivity contribution in [2.75, 3.05) is 13.1 Å². The maximum atomic E-state index is 14.5. The quantitative estimate of drug-likeness (QED) is 0.258. The van der Waals surface area contributed by atoms with Crippen molar-refractivity contribution >= 4 is 29.2 Å². The predicted octanol–water partition coefficient (Wildman–Crippen LogP) is 4.85. The van der Waals surface area contributed by atoms with E-state index in [9.17, 15) is 18.8 Å². The fourth-order valence-corrected chi connectivity index (χ4v) is 4.91. The maximum Gasteiger partial charge on any atom is 0.404 e. The lowest BCUT2D eigenvalue weighted by molar-refractivity contribution is 0.0600. The Kier molecular flexibility index (Phi) is 9.07. The summed E-state index contributed by atoms with van der Waals surface area (Å²) in [5, 5.41) is 15.9. The number of benzene rings is 2. The fourth-order valence-electron chi connectivity index (χ4n) is 4.75. The molecule has 2 aromatic carbocycles. The molecule has 0 saturated carbocycles. The van der Waals surface area contributed by atoms with Crippen molar-refractivity contribution in [3.63, 3.8) is 0 Å². The fraction of sp³-hybridized carbons (Fsp3) is 0.345. The van der Waals surface area contributed by atoms with Crippen molar-refractivity contribution in [1.82, 2.24) is 29.4 Å². The van der Waals surface area contributed by atoms with Gasteiger partial charge >= 0.3 is 11.8 Å². The van der Waals surface area contributed by atoms with Gasteiger partial charge in [-0.05, 0) is 49.4 Å². The van der Waals surface area contributed by atoms with Crippen molar-refractivity contribution in [2.24, 2.45) is 5.92 Å². The number of amides is 2. The number of nitrogens with one attached hydrogen (secondary N) is 1. The Morgan fingerprint density at radius 3 is 2.49 bits per heavy atom. The summed E-state index contributed by atoms with van der Waals surface area (Å²) in [5.74, 6) is -0.975. The van der Waals surface area contributed by atoms with Gasteiger partial charge in [0.2, 0.25) is 0 Å². The van der Waals surface area contributed by atoms with E-state index in [1.807, 2.05) is 44.2 Å². The van der Waals surface area contributed by atoms with Gasteiger partial charge in [-0.15, -0.1) is 0 Å². The van der Waals surface area contributed by atoms with Crippen LogP contribution >= 0.6 is 11.6 Å². The Labute approximate surface area is 241 Å². The number of rotatable bonds is 10. The highest BCUT2D eigenvalue weighted by Crippen LogP contribution is 2.31. The number of hydrogen-bond donors (Lipinski definition) is 2. The van der Waals surface area contributed by atoms with E-state index in [-0.39, 0.29) is 54.0 Å². The SMILES string of the molecule is Cc1ccc(C(=O)N(CCCNC(=O)O)C(c2nc3c(Cl)c(C)nn3c(=O)n2Cc2ccccc2)C(C)C)cc1F. The first-order chi connectivity index (χ1) is 19.5. The molecule has 0 saturated heterocycles. The van der Waals surface area contributed by atoms with Gasteiger partial charge in [0.1, 0.15) is 16.7 Å². The average molecular weight is 583 g/mol. The standard InChI is InChI=1S/C29H32ClFN6O4/c1-17(2)24(35(14-8-13-32-28(39)40)27(38)21-12-11-18(3)22(31)15-21)26-33-25-23(30)19(4)34-37(25)29(41)36(26)16-20-9-6-5-7-10-20/h5-7,9-12,15,17,24,32H,8,13-14,16H2,1-4H3,(H,39,40). The normalized spacial score (nSPS) is 12.1. The smallest absolute Gasteiger partial charge is 0.404 e. The molecule has 0 aliphatic rings. The van der Waals surface area contributed by atoms with Crippen molar-refractivity contribution in [3.05, 3.63) is 98.1 Å². The minimum atomic E-state index is -1.18. The molecular formula is C29H32ClFN6O4. The molecule has 41 heavy (non-hydrogen) atoms. The number of nitrogens with zero attached hydrogens (tertiary/aromatic N) is 5. The molecule has 4 rings (SSSR count). The molecule has 0 aliphatic carbocycles. The minimum Gasteiger partial charge on any atom is -0.465 e. The lowest BCUT2D eigenvalue weighted by atomic mass is 9.99. The van der Waals surface area contributed by atoms with Crippen LogP contribution in [0.3, 0.4) is 0 Å². The third-order valence-corrected chi connectivity index (χ3v) is 7.26. The molecule has 216 valence electrons. The molecule has 4 aromatic rings. The monoisotopic (exact) mass is 582 g/mol. The Bertz CT molecular complexity index is 1640. The zero-order chi connectivity index (χ0) is 29.8.